The third kappa shape index (κ3) is 3.57. The van der Waals surface area contributed by atoms with Crippen molar-refractivity contribution in [3.05, 3.63) is 35.9 Å². The Hall–Kier alpha value is -1.35. The summed E-state index contributed by atoms with van der Waals surface area (Å²) in [5.74, 6) is -0.657. The first-order chi connectivity index (χ1) is 9.12. The molecular formula is C16H23NO2. The lowest BCUT2D eigenvalue weighted by atomic mass is 9.70. The first-order valence-electron chi connectivity index (χ1n) is 7.15. The summed E-state index contributed by atoms with van der Waals surface area (Å²) in [6.45, 7) is 0. The van der Waals surface area contributed by atoms with Gasteiger partial charge in [-0.1, -0.05) is 49.6 Å². The molecule has 0 bridgehead atoms. The zero-order valence-corrected chi connectivity index (χ0v) is 11.3. The fraction of sp³-hybridized carbons (Fsp3) is 0.562. The van der Waals surface area contributed by atoms with Gasteiger partial charge in [-0.3, -0.25) is 4.79 Å². The van der Waals surface area contributed by atoms with Gasteiger partial charge < -0.3 is 10.8 Å². The van der Waals surface area contributed by atoms with E-state index in [2.05, 4.69) is 0 Å². The first kappa shape index (κ1) is 14.1. The number of carboxylic acid groups (broad SMARTS) is 1. The Morgan fingerprint density at radius 2 is 1.84 bits per heavy atom. The Kier molecular flexibility index (Phi) is 4.59. The fourth-order valence-electron chi connectivity index (χ4n) is 3.22. The number of hydrogen-bond donors (Lipinski definition) is 2. The summed E-state index contributed by atoms with van der Waals surface area (Å²) < 4.78 is 0. The van der Waals surface area contributed by atoms with Crippen LogP contribution in [0.4, 0.5) is 0 Å². The number of carbonyl (C=O) groups is 1. The van der Waals surface area contributed by atoms with E-state index in [0.717, 1.165) is 38.5 Å². The predicted octanol–water partition coefficient (Wildman–Crippen LogP) is 2.98. The molecule has 3 nitrogen and oxygen atoms in total. The molecule has 1 unspecified atom stereocenters. The molecule has 1 aromatic rings. The molecule has 0 aliphatic heterocycles. The average Bonchev–Trinajstić information content (AvgIpc) is 2.40. The van der Waals surface area contributed by atoms with Gasteiger partial charge in [0.25, 0.3) is 0 Å². The molecule has 1 aliphatic rings. The van der Waals surface area contributed by atoms with Crippen molar-refractivity contribution in [2.24, 2.45) is 11.1 Å². The maximum atomic E-state index is 11.6. The number of benzene rings is 1. The molecule has 0 saturated heterocycles. The van der Waals surface area contributed by atoms with Crippen LogP contribution in [-0.4, -0.2) is 17.1 Å². The van der Waals surface area contributed by atoms with Gasteiger partial charge >= 0.3 is 5.97 Å². The molecule has 1 fully saturated rings. The summed E-state index contributed by atoms with van der Waals surface area (Å²) in [6, 6.07) is 10.00. The second kappa shape index (κ2) is 6.20. The predicted molar refractivity (Wildman–Crippen MR) is 75.9 cm³/mol. The first-order valence-corrected chi connectivity index (χ1v) is 7.15. The second-order valence-corrected chi connectivity index (χ2v) is 5.80. The van der Waals surface area contributed by atoms with E-state index in [-0.39, 0.29) is 6.04 Å². The van der Waals surface area contributed by atoms with Gasteiger partial charge in [0, 0.05) is 6.04 Å². The number of aliphatic carboxylic acids is 1. The third-order valence-corrected chi connectivity index (χ3v) is 4.26. The summed E-state index contributed by atoms with van der Waals surface area (Å²) >= 11 is 0. The van der Waals surface area contributed by atoms with Crippen molar-refractivity contribution in [2.45, 2.75) is 51.0 Å². The van der Waals surface area contributed by atoms with Crippen LogP contribution >= 0.6 is 0 Å². The minimum absolute atomic E-state index is 0.0726. The minimum Gasteiger partial charge on any atom is -0.481 e. The molecule has 0 heterocycles. The van der Waals surface area contributed by atoms with Crippen molar-refractivity contribution in [1.82, 2.24) is 0 Å². The van der Waals surface area contributed by atoms with Gasteiger partial charge in [0.1, 0.15) is 0 Å². The fourth-order valence-corrected chi connectivity index (χ4v) is 3.22. The lowest BCUT2D eigenvalue weighted by molar-refractivity contribution is -0.152. The molecule has 0 aromatic heterocycles. The zero-order valence-electron chi connectivity index (χ0n) is 11.3. The standard InChI is InChI=1S/C16H23NO2/c17-14(11-13-7-3-1-4-8-13)12-16(15(18)19)9-5-2-6-10-16/h1,3-4,7-8,14H,2,5-6,9-12,17H2,(H,18,19). The Morgan fingerprint density at radius 1 is 1.21 bits per heavy atom. The zero-order chi connectivity index (χ0) is 13.7. The van der Waals surface area contributed by atoms with Crippen LogP contribution < -0.4 is 5.73 Å². The summed E-state index contributed by atoms with van der Waals surface area (Å²) in [6.07, 6.45) is 6.11. The summed E-state index contributed by atoms with van der Waals surface area (Å²) in [5.41, 5.74) is 6.81. The van der Waals surface area contributed by atoms with Crippen LogP contribution in [0.2, 0.25) is 0 Å². The van der Waals surface area contributed by atoms with Gasteiger partial charge in [0.2, 0.25) is 0 Å². The number of nitrogens with two attached hydrogens (primary N) is 1. The van der Waals surface area contributed by atoms with Crippen molar-refractivity contribution in [3.63, 3.8) is 0 Å². The number of carboxylic acids is 1. The summed E-state index contributed by atoms with van der Waals surface area (Å²) in [4.78, 5) is 11.6. The molecule has 0 radical (unpaired) electrons. The molecule has 1 aliphatic carbocycles. The minimum atomic E-state index is -0.657. The van der Waals surface area contributed by atoms with Crippen LogP contribution in [0.15, 0.2) is 30.3 Å². The van der Waals surface area contributed by atoms with Crippen LogP contribution in [0.3, 0.4) is 0 Å². The summed E-state index contributed by atoms with van der Waals surface area (Å²) in [5, 5.41) is 9.55. The van der Waals surface area contributed by atoms with E-state index in [1.807, 2.05) is 30.3 Å². The van der Waals surface area contributed by atoms with Gasteiger partial charge in [0.15, 0.2) is 0 Å². The lowest BCUT2D eigenvalue weighted by Crippen LogP contribution is -2.40. The maximum absolute atomic E-state index is 11.6. The van der Waals surface area contributed by atoms with Gasteiger partial charge in [-0.25, -0.2) is 0 Å². The van der Waals surface area contributed by atoms with Crippen molar-refractivity contribution in [2.75, 3.05) is 0 Å². The van der Waals surface area contributed by atoms with Crippen molar-refractivity contribution >= 4 is 5.97 Å². The Bertz CT molecular complexity index is 410. The van der Waals surface area contributed by atoms with Crippen molar-refractivity contribution in [1.29, 1.82) is 0 Å². The van der Waals surface area contributed by atoms with Crippen molar-refractivity contribution in [3.8, 4) is 0 Å². The monoisotopic (exact) mass is 261 g/mol. The van der Waals surface area contributed by atoms with Gasteiger partial charge in [-0.15, -0.1) is 0 Å². The van der Waals surface area contributed by atoms with Crippen LogP contribution in [0, 0.1) is 5.41 Å². The van der Waals surface area contributed by atoms with E-state index in [1.165, 1.54) is 5.56 Å². The topological polar surface area (TPSA) is 63.3 Å². The molecule has 0 spiro atoms. The maximum Gasteiger partial charge on any atom is 0.309 e. The average molecular weight is 261 g/mol. The Morgan fingerprint density at radius 3 is 2.42 bits per heavy atom. The molecule has 0 amide bonds. The van der Waals surface area contributed by atoms with Crippen LogP contribution in [0.25, 0.3) is 0 Å². The van der Waals surface area contributed by atoms with E-state index < -0.39 is 11.4 Å². The van der Waals surface area contributed by atoms with Crippen LogP contribution in [0.5, 0.6) is 0 Å². The molecule has 3 heteroatoms. The van der Waals surface area contributed by atoms with Crippen molar-refractivity contribution < 1.29 is 9.90 Å². The van der Waals surface area contributed by atoms with E-state index in [4.69, 9.17) is 5.73 Å². The van der Waals surface area contributed by atoms with E-state index in [1.54, 1.807) is 0 Å². The van der Waals surface area contributed by atoms with E-state index in [0.29, 0.717) is 6.42 Å². The SMILES string of the molecule is NC(Cc1ccccc1)CC1(C(=O)O)CCCCC1. The third-order valence-electron chi connectivity index (χ3n) is 4.26. The lowest BCUT2D eigenvalue weighted by Gasteiger charge is -2.35. The molecule has 19 heavy (non-hydrogen) atoms. The van der Waals surface area contributed by atoms with Crippen LogP contribution in [0.1, 0.15) is 44.1 Å². The molecule has 1 saturated carbocycles. The van der Waals surface area contributed by atoms with E-state index in [9.17, 15) is 9.90 Å². The molecule has 2 rings (SSSR count). The quantitative estimate of drug-likeness (QED) is 0.856. The highest BCUT2D eigenvalue weighted by atomic mass is 16.4. The second-order valence-electron chi connectivity index (χ2n) is 5.80. The summed E-state index contributed by atoms with van der Waals surface area (Å²) in [7, 11) is 0. The van der Waals surface area contributed by atoms with E-state index >= 15 is 0 Å². The van der Waals surface area contributed by atoms with Gasteiger partial charge in [-0.2, -0.15) is 0 Å². The molecule has 104 valence electrons. The molecule has 1 aromatic carbocycles. The number of rotatable bonds is 5. The highest BCUT2D eigenvalue weighted by Crippen LogP contribution is 2.40. The normalized spacial score (nSPS) is 19.8. The Labute approximate surface area is 114 Å². The highest BCUT2D eigenvalue weighted by molar-refractivity contribution is 5.74. The molecular weight excluding hydrogens is 238 g/mol. The highest BCUT2D eigenvalue weighted by Gasteiger charge is 2.40. The largest absolute Gasteiger partial charge is 0.481 e. The molecule has 3 N–H and O–H groups in total. The Balaban J connectivity index is 1.99. The van der Waals surface area contributed by atoms with Crippen LogP contribution in [-0.2, 0) is 11.2 Å². The molecule has 1 atom stereocenters. The number of hydrogen-bond acceptors (Lipinski definition) is 2. The smallest absolute Gasteiger partial charge is 0.309 e. The van der Waals surface area contributed by atoms with Gasteiger partial charge in [-0.05, 0) is 31.2 Å². The van der Waals surface area contributed by atoms with Gasteiger partial charge in [0.05, 0.1) is 5.41 Å².